The lowest BCUT2D eigenvalue weighted by Gasteiger charge is -2.21. The van der Waals surface area contributed by atoms with Crippen molar-refractivity contribution < 1.29 is 9.84 Å². The highest BCUT2D eigenvalue weighted by Gasteiger charge is 2.26. The van der Waals surface area contributed by atoms with E-state index in [1.54, 1.807) is 0 Å². The van der Waals surface area contributed by atoms with Crippen molar-refractivity contribution in [1.29, 1.82) is 0 Å². The van der Waals surface area contributed by atoms with Crippen molar-refractivity contribution in [1.82, 2.24) is 0 Å². The van der Waals surface area contributed by atoms with E-state index < -0.39 is 5.60 Å². The van der Waals surface area contributed by atoms with Crippen LogP contribution in [-0.4, -0.2) is 17.3 Å². The number of hydrogen-bond donors (Lipinski definition) is 1. The van der Waals surface area contributed by atoms with Crippen molar-refractivity contribution in [2.24, 2.45) is 0 Å². The molecule has 0 saturated carbocycles. The Labute approximate surface area is 103 Å². The lowest BCUT2D eigenvalue weighted by Crippen LogP contribution is -2.24. The lowest BCUT2D eigenvalue weighted by atomic mass is 9.95. The highest BCUT2D eigenvalue weighted by atomic mass is 16.5. The van der Waals surface area contributed by atoms with E-state index in [4.69, 9.17) is 4.74 Å². The van der Waals surface area contributed by atoms with Gasteiger partial charge in [0.25, 0.3) is 0 Å². The van der Waals surface area contributed by atoms with Crippen molar-refractivity contribution in [3.8, 4) is 0 Å². The van der Waals surface area contributed by atoms with E-state index in [-0.39, 0.29) is 0 Å². The molecule has 1 aromatic rings. The van der Waals surface area contributed by atoms with Crippen LogP contribution in [0.3, 0.4) is 0 Å². The summed E-state index contributed by atoms with van der Waals surface area (Å²) in [6.07, 6.45) is 7.47. The fourth-order valence-corrected chi connectivity index (χ4v) is 2.16. The molecule has 1 aliphatic carbocycles. The zero-order valence-electron chi connectivity index (χ0n) is 10.1. The Bertz CT molecular complexity index is 348. The van der Waals surface area contributed by atoms with Crippen LogP contribution in [0.4, 0.5) is 0 Å². The number of benzene rings is 1. The summed E-state index contributed by atoms with van der Waals surface area (Å²) in [5.41, 5.74) is 0.713. The second-order valence-corrected chi connectivity index (χ2v) is 4.75. The smallest absolute Gasteiger partial charge is 0.0717 e. The minimum Gasteiger partial charge on any atom is -0.389 e. The highest BCUT2D eigenvalue weighted by molar-refractivity contribution is 5.13. The van der Waals surface area contributed by atoms with Gasteiger partial charge < -0.3 is 9.84 Å². The number of ether oxygens (including phenoxy) is 1. The van der Waals surface area contributed by atoms with Gasteiger partial charge in [0.15, 0.2) is 0 Å². The van der Waals surface area contributed by atoms with Crippen LogP contribution in [0.2, 0.25) is 0 Å². The molecule has 17 heavy (non-hydrogen) atoms. The van der Waals surface area contributed by atoms with E-state index in [0.717, 1.165) is 32.3 Å². The minimum absolute atomic E-state index is 0.490. The summed E-state index contributed by atoms with van der Waals surface area (Å²) in [6.45, 7) is 1.38. The fourth-order valence-electron chi connectivity index (χ4n) is 2.16. The van der Waals surface area contributed by atoms with E-state index in [1.165, 1.54) is 5.56 Å². The third-order valence-corrected chi connectivity index (χ3v) is 3.20. The maximum Gasteiger partial charge on any atom is 0.0717 e. The van der Waals surface area contributed by atoms with Gasteiger partial charge >= 0.3 is 0 Å². The van der Waals surface area contributed by atoms with Gasteiger partial charge in [-0.15, -0.1) is 0 Å². The Balaban J connectivity index is 1.58. The zero-order chi connectivity index (χ0) is 12.0. The molecule has 2 heteroatoms. The standard InChI is InChI=1S/C15H20O2/c16-15(9-4-5-10-15)11-6-12-17-13-14-7-2-1-3-8-14/h1-5,7-8,16H,6,9-13H2. The molecule has 2 rings (SSSR count). The molecule has 0 saturated heterocycles. The van der Waals surface area contributed by atoms with Gasteiger partial charge in [-0.3, -0.25) is 0 Å². The van der Waals surface area contributed by atoms with E-state index in [9.17, 15) is 5.11 Å². The first-order valence-corrected chi connectivity index (χ1v) is 6.28. The molecule has 1 N–H and O–H groups in total. The third kappa shape index (κ3) is 3.99. The normalized spacial score (nSPS) is 17.5. The van der Waals surface area contributed by atoms with Gasteiger partial charge in [-0.05, 0) is 31.2 Å². The van der Waals surface area contributed by atoms with Gasteiger partial charge in [0, 0.05) is 6.61 Å². The van der Waals surface area contributed by atoms with Crippen LogP contribution in [0, 0.1) is 0 Å². The first-order chi connectivity index (χ1) is 8.29. The van der Waals surface area contributed by atoms with Gasteiger partial charge in [-0.25, -0.2) is 0 Å². The molecular weight excluding hydrogens is 212 g/mol. The van der Waals surface area contributed by atoms with Crippen LogP contribution in [0.25, 0.3) is 0 Å². The highest BCUT2D eigenvalue weighted by Crippen LogP contribution is 2.27. The Hall–Kier alpha value is -1.12. The van der Waals surface area contributed by atoms with E-state index in [0.29, 0.717) is 6.61 Å². The minimum atomic E-state index is -0.490. The van der Waals surface area contributed by atoms with Crippen LogP contribution in [-0.2, 0) is 11.3 Å². The third-order valence-electron chi connectivity index (χ3n) is 3.20. The Morgan fingerprint density at radius 1 is 1.12 bits per heavy atom. The van der Waals surface area contributed by atoms with Crippen molar-refractivity contribution in [3.05, 3.63) is 48.0 Å². The second kappa shape index (κ2) is 5.99. The first kappa shape index (κ1) is 12.3. The number of rotatable bonds is 6. The first-order valence-electron chi connectivity index (χ1n) is 6.28. The molecule has 0 bridgehead atoms. The van der Waals surface area contributed by atoms with Crippen LogP contribution >= 0.6 is 0 Å². The fraction of sp³-hybridized carbons (Fsp3) is 0.467. The van der Waals surface area contributed by atoms with Crippen molar-refractivity contribution in [3.63, 3.8) is 0 Å². The maximum absolute atomic E-state index is 10.1. The molecule has 0 unspecified atom stereocenters. The molecule has 1 aliphatic rings. The average molecular weight is 232 g/mol. The van der Waals surface area contributed by atoms with Crippen LogP contribution in [0.15, 0.2) is 42.5 Å². The summed E-state index contributed by atoms with van der Waals surface area (Å²) in [5, 5.41) is 10.1. The van der Waals surface area contributed by atoms with E-state index >= 15 is 0 Å². The zero-order valence-corrected chi connectivity index (χ0v) is 10.1. The number of aliphatic hydroxyl groups is 1. The quantitative estimate of drug-likeness (QED) is 0.603. The molecule has 0 amide bonds. The molecule has 0 spiro atoms. The average Bonchev–Trinajstić information content (AvgIpc) is 2.77. The SMILES string of the molecule is OC1(CCCOCc2ccccc2)CC=CC1. The van der Waals surface area contributed by atoms with Gasteiger partial charge in [-0.2, -0.15) is 0 Å². The predicted octanol–water partition coefficient (Wildman–Crippen LogP) is 3.06. The van der Waals surface area contributed by atoms with Gasteiger partial charge in [0.2, 0.25) is 0 Å². The Kier molecular flexibility index (Phi) is 4.35. The monoisotopic (exact) mass is 232 g/mol. The Morgan fingerprint density at radius 3 is 2.53 bits per heavy atom. The van der Waals surface area contributed by atoms with Crippen LogP contribution in [0.1, 0.15) is 31.2 Å². The second-order valence-electron chi connectivity index (χ2n) is 4.75. The lowest BCUT2D eigenvalue weighted by molar-refractivity contribution is 0.0288. The van der Waals surface area contributed by atoms with Crippen molar-refractivity contribution in [2.75, 3.05) is 6.61 Å². The molecule has 1 aromatic carbocycles. The summed E-state index contributed by atoms with van der Waals surface area (Å²) in [6, 6.07) is 10.2. The molecule has 92 valence electrons. The van der Waals surface area contributed by atoms with Crippen LogP contribution in [0.5, 0.6) is 0 Å². The Morgan fingerprint density at radius 2 is 1.82 bits per heavy atom. The van der Waals surface area contributed by atoms with E-state index in [2.05, 4.69) is 24.3 Å². The molecule has 0 aromatic heterocycles. The predicted molar refractivity (Wildman–Crippen MR) is 68.7 cm³/mol. The molecule has 0 radical (unpaired) electrons. The molecule has 0 fully saturated rings. The van der Waals surface area contributed by atoms with Crippen molar-refractivity contribution in [2.45, 2.75) is 37.9 Å². The summed E-state index contributed by atoms with van der Waals surface area (Å²) in [5.74, 6) is 0. The summed E-state index contributed by atoms with van der Waals surface area (Å²) < 4.78 is 5.59. The molecule has 0 aliphatic heterocycles. The molecular formula is C15H20O2. The van der Waals surface area contributed by atoms with E-state index in [1.807, 2.05) is 18.2 Å². The topological polar surface area (TPSA) is 29.5 Å². The summed E-state index contributed by atoms with van der Waals surface area (Å²) in [4.78, 5) is 0. The largest absolute Gasteiger partial charge is 0.389 e. The maximum atomic E-state index is 10.1. The molecule has 0 heterocycles. The van der Waals surface area contributed by atoms with Gasteiger partial charge in [-0.1, -0.05) is 42.5 Å². The van der Waals surface area contributed by atoms with Gasteiger partial charge in [0.05, 0.1) is 12.2 Å². The summed E-state index contributed by atoms with van der Waals surface area (Å²) >= 11 is 0. The van der Waals surface area contributed by atoms with Crippen molar-refractivity contribution >= 4 is 0 Å². The molecule has 0 atom stereocenters. The molecule has 2 nitrogen and oxygen atoms in total. The summed E-state index contributed by atoms with van der Waals surface area (Å²) in [7, 11) is 0. The van der Waals surface area contributed by atoms with Crippen LogP contribution < -0.4 is 0 Å². The van der Waals surface area contributed by atoms with Gasteiger partial charge in [0.1, 0.15) is 0 Å². The number of hydrogen-bond acceptors (Lipinski definition) is 2.